The Bertz CT molecular complexity index is 474. The first-order valence-electron chi connectivity index (χ1n) is 6.78. The summed E-state index contributed by atoms with van der Waals surface area (Å²) in [4.78, 5) is 12.1. The highest BCUT2D eigenvalue weighted by molar-refractivity contribution is 14.1. The third-order valence-electron chi connectivity index (χ3n) is 4.45. The van der Waals surface area contributed by atoms with Crippen LogP contribution >= 0.6 is 22.6 Å². The number of hydrogen-bond acceptors (Lipinski definition) is 3. The van der Waals surface area contributed by atoms with Crippen LogP contribution in [0.15, 0.2) is 24.3 Å². The van der Waals surface area contributed by atoms with Gasteiger partial charge in [-0.15, -0.1) is 0 Å². The number of halogens is 1. The molecule has 0 saturated carbocycles. The number of nitrogens with one attached hydrogen (secondary N) is 1. The van der Waals surface area contributed by atoms with E-state index in [0.717, 1.165) is 12.8 Å². The van der Waals surface area contributed by atoms with Gasteiger partial charge in [0.2, 0.25) is 0 Å². The highest BCUT2D eigenvalue weighted by atomic mass is 127. The first kappa shape index (κ1) is 13.4. The number of ether oxygens (including phenoxy) is 1. The van der Waals surface area contributed by atoms with E-state index < -0.39 is 0 Å². The normalized spacial score (nSPS) is 33.2. The lowest BCUT2D eigenvalue weighted by molar-refractivity contribution is -0.148. The molecule has 2 aliphatic rings. The van der Waals surface area contributed by atoms with Gasteiger partial charge >= 0.3 is 5.97 Å². The lowest BCUT2D eigenvalue weighted by Gasteiger charge is -2.36. The number of benzene rings is 1. The van der Waals surface area contributed by atoms with Crippen LogP contribution in [0.1, 0.15) is 30.7 Å². The van der Waals surface area contributed by atoms with E-state index in [-0.39, 0.29) is 17.9 Å². The van der Waals surface area contributed by atoms with Crippen LogP contribution in [-0.4, -0.2) is 25.2 Å². The number of esters is 1. The molecular formula is C15H18INO2. The van der Waals surface area contributed by atoms with E-state index in [9.17, 15) is 4.79 Å². The van der Waals surface area contributed by atoms with Crippen molar-refractivity contribution >= 4 is 28.6 Å². The average molecular weight is 371 g/mol. The van der Waals surface area contributed by atoms with Crippen molar-refractivity contribution in [3.05, 3.63) is 33.4 Å². The van der Waals surface area contributed by atoms with E-state index in [1.165, 1.54) is 22.7 Å². The smallest absolute Gasteiger partial charge is 0.310 e. The van der Waals surface area contributed by atoms with Crippen molar-refractivity contribution in [1.29, 1.82) is 0 Å². The van der Waals surface area contributed by atoms with Gasteiger partial charge in [0.05, 0.1) is 13.0 Å². The number of fused-ring (bicyclic) bond motifs is 2. The summed E-state index contributed by atoms with van der Waals surface area (Å²) in [7, 11) is 1.49. The molecular weight excluding hydrogens is 353 g/mol. The van der Waals surface area contributed by atoms with Crippen LogP contribution in [0.4, 0.5) is 0 Å². The molecule has 102 valence electrons. The second-order valence-corrected chi connectivity index (χ2v) is 6.74. The molecule has 1 aromatic rings. The molecule has 2 bridgehead atoms. The number of carbonyl (C=O) groups is 1. The van der Waals surface area contributed by atoms with Crippen LogP contribution < -0.4 is 5.32 Å². The number of rotatable bonds is 2. The number of piperidine rings is 1. The molecule has 4 heteroatoms. The van der Waals surface area contributed by atoms with Gasteiger partial charge in [0.25, 0.3) is 0 Å². The minimum absolute atomic E-state index is 0.0381. The molecule has 3 unspecified atom stereocenters. The van der Waals surface area contributed by atoms with Gasteiger partial charge in [-0.25, -0.2) is 0 Å². The van der Waals surface area contributed by atoms with Crippen LogP contribution in [0.3, 0.4) is 0 Å². The predicted molar refractivity (Wildman–Crippen MR) is 82.0 cm³/mol. The minimum atomic E-state index is -0.0681. The van der Waals surface area contributed by atoms with Crippen molar-refractivity contribution in [2.45, 2.75) is 37.3 Å². The van der Waals surface area contributed by atoms with Crippen molar-refractivity contribution in [2.24, 2.45) is 5.92 Å². The summed E-state index contributed by atoms with van der Waals surface area (Å²) < 4.78 is 6.26. The van der Waals surface area contributed by atoms with E-state index >= 15 is 0 Å². The topological polar surface area (TPSA) is 38.3 Å². The zero-order valence-electron chi connectivity index (χ0n) is 10.9. The Balaban J connectivity index is 1.92. The van der Waals surface area contributed by atoms with Crippen molar-refractivity contribution in [1.82, 2.24) is 5.32 Å². The zero-order valence-corrected chi connectivity index (χ0v) is 13.1. The van der Waals surface area contributed by atoms with Crippen molar-refractivity contribution in [3.8, 4) is 0 Å². The Labute approximate surface area is 127 Å². The molecule has 0 radical (unpaired) electrons. The van der Waals surface area contributed by atoms with Gasteiger partial charge in [-0.05, 0) is 59.5 Å². The van der Waals surface area contributed by atoms with Crippen molar-refractivity contribution < 1.29 is 9.53 Å². The van der Waals surface area contributed by atoms with Crippen LogP contribution in [0, 0.1) is 9.49 Å². The van der Waals surface area contributed by atoms with E-state index in [0.29, 0.717) is 12.0 Å². The Kier molecular flexibility index (Phi) is 3.80. The zero-order chi connectivity index (χ0) is 13.4. The summed E-state index contributed by atoms with van der Waals surface area (Å²) in [6.45, 7) is 0. The molecule has 3 rings (SSSR count). The molecule has 0 amide bonds. The largest absolute Gasteiger partial charge is 0.469 e. The van der Waals surface area contributed by atoms with Crippen LogP contribution in [0.25, 0.3) is 0 Å². The standard InChI is InChI=1S/C15H18INO2/c1-19-15(18)14-12(8-11-6-7-13(14)17-11)9-2-4-10(16)5-3-9/h2-5,11-14,17H,6-8H2,1H3/t11?,12?,13-,14?/m1/s1. The average Bonchev–Trinajstić information content (AvgIpc) is 2.80. The minimum Gasteiger partial charge on any atom is -0.469 e. The van der Waals surface area contributed by atoms with Gasteiger partial charge in [-0.3, -0.25) is 4.79 Å². The molecule has 0 spiro atoms. The van der Waals surface area contributed by atoms with E-state index in [1.54, 1.807) is 0 Å². The highest BCUT2D eigenvalue weighted by Gasteiger charge is 2.46. The Hall–Kier alpha value is -0.620. The van der Waals surface area contributed by atoms with Crippen LogP contribution in [-0.2, 0) is 9.53 Å². The Morgan fingerprint density at radius 3 is 2.74 bits per heavy atom. The summed E-state index contributed by atoms with van der Waals surface area (Å²) >= 11 is 2.31. The maximum Gasteiger partial charge on any atom is 0.310 e. The molecule has 4 atom stereocenters. The fourth-order valence-electron chi connectivity index (χ4n) is 3.57. The maximum atomic E-state index is 12.1. The van der Waals surface area contributed by atoms with Gasteiger partial charge in [0, 0.05) is 21.6 Å². The summed E-state index contributed by atoms with van der Waals surface area (Å²) in [6.07, 6.45) is 3.31. The fraction of sp³-hybridized carbons (Fsp3) is 0.533. The maximum absolute atomic E-state index is 12.1. The second-order valence-electron chi connectivity index (χ2n) is 5.49. The first-order valence-corrected chi connectivity index (χ1v) is 7.86. The van der Waals surface area contributed by atoms with E-state index in [2.05, 4.69) is 52.2 Å². The van der Waals surface area contributed by atoms with Gasteiger partial charge < -0.3 is 10.1 Å². The second kappa shape index (κ2) is 5.40. The first-order chi connectivity index (χ1) is 9.19. The summed E-state index contributed by atoms with van der Waals surface area (Å²) in [5.41, 5.74) is 1.27. The lowest BCUT2D eigenvalue weighted by Crippen LogP contribution is -2.48. The Morgan fingerprint density at radius 1 is 1.32 bits per heavy atom. The number of methoxy groups -OCH3 is 1. The molecule has 2 aliphatic heterocycles. The molecule has 2 heterocycles. The van der Waals surface area contributed by atoms with E-state index in [4.69, 9.17) is 4.74 Å². The van der Waals surface area contributed by atoms with Gasteiger partial charge in [-0.1, -0.05) is 12.1 Å². The summed E-state index contributed by atoms with van der Waals surface area (Å²) in [5, 5.41) is 3.56. The summed E-state index contributed by atoms with van der Waals surface area (Å²) in [5.74, 6) is 0.188. The summed E-state index contributed by atoms with van der Waals surface area (Å²) in [6, 6.07) is 9.41. The number of carbonyl (C=O) groups excluding carboxylic acids is 1. The SMILES string of the molecule is COC(=O)C1C(c2ccc(I)cc2)CC2CC[C@H]1N2. The predicted octanol–water partition coefficient (Wildman–Crippen LogP) is 2.69. The van der Waals surface area contributed by atoms with Crippen molar-refractivity contribution in [2.75, 3.05) is 7.11 Å². The number of hydrogen-bond donors (Lipinski definition) is 1. The van der Waals surface area contributed by atoms with Gasteiger partial charge in [0.15, 0.2) is 0 Å². The van der Waals surface area contributed by atoms with Crippen LogP contribution in [0.5, 0.6) is 0 Å². The van der Waals surface area contributed by atoms with Crippen LogP contribution in [0.2, 0.25) is 0 Å². The van der Waals surface area contributed by atoms with Crippen molar-refractivity contribution in [3.63, 3.8) is 0 Å². The third kappa shape index (κ3) is 2.52. The van der Waals surface area contributed by atoms with Gasteiger partial charge in [-0.2, -0.15) is 0 Å². The molecule has 3 nitrogen and oxygen atoms in total. The molecule has 19 heavy (non-hydrogen) atoms. The quantitative estimate of drug-likeness (QED) is 0.642. The third-order valence-corrected chi connectivity index (χ3v) is 5.17. The molecule has 1 aromatic carbocycles. The van der Waals surface area contributed by atoms with Gasteiger partial charge in [0.1, 0.15) is 0 Å². The molecule has 2 fully saturated rings. The van der Waals surface area contributed by atoms with E-state index in [1.807, 2.05) is 0 Å². The molecule has 0 aliphatic carbocycles. The Morgan fingerprint density at radius 2 is 2.05 bits per heavy atom. The monoisotopic (exact) mass is 371 g/mol. The lowest BCUT2D eigenvalue weighted by atomic mass is 9.77. The molecule has 1 N–H and O–H groups in total. The fourth-order valence-corrected chi connectivity index (χ4v) is 3.93. The molecule has 0 aromatic heterocycles. The molecule has 2 saturated heterocycles. The highest BCUT2D eigenvalue weighted by Crippen LogP contribution is 2.42.